The zero-order valence-electron chi connectivity index (χ0n) is 33.0. The zero-order chi connectivity index (χ0) is 41.4. The summed E-state index contributed by atoms with van der Waals surface area (Å²) in [6.45, 7) is 16.0. The molecule has 6 fully saturated rings. The molecule has 0 spiro atoms. The van der Waals surface area contributed by atoms with Crippen LogP contribution in [0.1, 0.15) is 107 Å². The lowest BCUT2D eigenvalue weighted by atomic mass is 9.78. The van der Waals surface area contributed by atoms with E-state index in [0.717, 1.165) is 19.3 Å². The first-order chi connectivity index (χ1) is 24.9. The predicted molar refractivity (Wildman–Crippen MR) is 184 cm³/mol. The van der Waals surface area contributed by atoms with Crippen molar-refractivity contribution in [2.45, 2.75) is 162 Å². The molecule has 0 aromatic carbocycles. The summed E-state index contributed by atoms with van der Waals surface area (Å²) in [5.41, 5.74) is -2.28. The molecule has 4 heterocycles. The summed E-state index contributed by atoms with van der Waals surface area (Å²) in [7, 11) is 0. The molecule has 17 heteroatoms. The Bertz CT molecular complexity index is 1520. The summed E-state index contributed by atoms with van der Waals surface area (Å²) in [5.74, 6) is -2.36. The molecule has 55 heavy (non-hydrogen) atoms. The number of ether oxygens (including phenoxy) is 3. The number of rotatable bonds is 4. The van der Waals surface area contributed by atoms with Crippen LogP contribution in [0.3, 0.4) is 0 Å². The fourth-order valence-corrected chi connectivity index (χ4v) is 9.42. The van der Waals surface area contributed by atoms with Crippen LogP contribution < -0.4 is 0 Å². The van der Waals surface area contributed by atoms with Gasteiger partial charge in [-0.05, 0) is 118 Å². The van der Waals surface area contributed by atoms with Gasteiger partial charge in [-0.25, -0.2) is 4.79 Å². The van der Waals surface area contributed by atoms with E-state index in [9.17, 15) is 50.3 Å². The standard InChI is InChI=1S/C21H31F3N2O5.C17H24F3NO3/c1-19(2,3)17(28)30-16-13-8-11-7-12(26(13)18(29)31-20(4,5)6)15(16)25(10-11)14(27)9-21(22,23)24;1-16(2,3)15(23)24-14-11-5-9-4-10(6-11)13(14)21(8-9)12(22)7-17(18,19)20/h11-13,15-16H,7-10H2,1-6H3;9-11,13-14H,4-8H2,1-3H3/t11?,12-,13+,15?,16+;9?,10-,11+,13?,14-/m10/s1. The Hall–Kier alpha value is -3.27. The third-order valence-electron chi connectivity index (χ3n) is 11.4. The lowest BCUT2D eigenvalue weighted by Crippen LogP contribution is -2.59. The first kappa shape index (κ1) is 42.9. The highest BCUT2D eigenvalue weighted by Gasteiger charge is 2.64. The highest BCUT2D eigenvalue weighted by molar-refractivity contribution is 5.80. The molecule has 4 aliphatic heterocycles. The minimum absolute atomic E-state index is 0.0690. The molecule has 6 rings (SSSR count). The van der Waals surface area contributed by atoms with Crippen LogP contribution in [0.25, 0.3) is 0 Å². The van der Waals surface area contributed by atoms with Gasteiger partial charge in [-0.1, -0.05) is 0 Å². The van der Waals surface area contributed by atoms with Crippen molar-refractivity contribution in [3.8, 4) is 0 Å². The molecule has 6 bridgehead atoms. The number of piperidine rings is 3. The summed E-state index contributed by atoms with van der Waals surface area (Å²) >= 11 is 0. The van der Waals surface area contributed by atoms with Gasteiger partial charge >= 0.3 is 30.4 Å². The average molecular weight is 796 g/mol. The Morgan fingerprint density at radius 2 is 1.00 bits per heavy atom. The number of nitrogens with zero attached hydrogens (tertiary/aromatic N) is 3. The molecule has 2 saturated carbocycles. The van der Waals surface area contributed by atoms with Crippen molar-refractivity contribution in [1.29, 1.82) is 0 Å². The first-order valence-corrected chi connectivity index (χ1v) is 19.1. The molecular weight excluding hydrogens is 740 g/mol. The van der Waals surface area contributed by atoms with E-state index in [4.69, 9.17) is 14.2 Å². The number of alkyl halides is 6. The van der Waals surface area contributed by atoms with Gasteiger partial charge in [-0.3, -0.25) is 24.1 Å². The van der Waals surface area contributed by atoms with Crippen molar-refractivity contribution in [2.24, 2.45) is 34.5 Å². The van der Waals surface area contributed by atoms with Gasteiger partial charge in [-0.15, -0.1) is 0 Å². The number of hydrogen-bond acceptors (Lipinski definition) is 8. The number of carbonyl (C=O) groups is 5. The number of likely N-dealkylation sites (tertiary alicyclic amines) is 2. The molecule has 312 valence electrons. The molecule has 6 aliphatic rings. The van der Waals surface area contributed by atoms with Crippen molar-refractivity contribution < 1.29 is 64.5 Å². The Morgan fingerprint density at radius 1 is 0.564 bits per heavy atom. The third kappa shape index (κ3) is 9.65. The van der Waals surface area contributed by atoms with Crippen LogP contribution in [-0.4, -0.2) is 112 Å². The minimum Gasteiger partial charge on any atom is -0.459 e. The third-order valence-corrected chi connectivity index (χ3v) is 11.4. The molecule has 3 amide bonds. The van der Waals surface area contributed by atoms with Gasteiger partial charge in [0, 0.05) is 13.1 Å². The van der Waals surface area contributed by atoms with E-state index in [0.29, 0.717) is 19.4 Å². The largest absolute Gasteiger partial charge is 0.459 e. The number of hydrogen-bond donors (Lipinski definition) is 0. The van der Waals surface area contributed by atoms with Crippen molar-refractivity contribution in [3.63, 3.8) is 0 Å². The van der Waals surface area contributed by atoms with Crippen LogP contribution in [-0.2, 0) is 33.4 Å². The lowest BCUT2D eigenvalue weighted by Gasteiger charge is -2.46. The Kier molecular flexibility index (Phi) is 11.4. The van der Waals surface area contributed by atoms with Crippen molar-refractivity contribution in [1.82, 2.24) is 14.7 Å². The Morgan fingerprint density at radius 3 is 1.47 bits per heavy atom. The number of esters is 2. The maximum Gasteiger partial charge on any atom is 0.410 e. The predicted octanol–water partition coefficient (Wildman–Crippen LogP) is 6.66. The van der Waals surface area contributed by atoms with E-state index >= 15 is 0 Å². The van der Waals surface area contributed by atoms with Gasteiger partial charge in [0.15, 0.2) is 0 Å². The van der Waals surface area contributed by atoms with E-state index in [1.54, 1.807) is 62.3 Å². The van der Waals surface area contributed by atoms with Crippen molar-refractivity contribution in [2.75, 3.05) is 13.1 Å². The van der Waals surface area contributed by atoms with Crippen LogP contribution in [0.5, 0.6) is 0 Å². The maximum absolute atomic E-state index is 13.0. The van der Waals surface area contributed by atoms with E-state index in [1.165, 1.54) is 14.7 Å². The van der Waals surface area contributed by atoms with Gasteiger partial charge in [0.25, 0.3) is 0 Å². The molecule has 4 unspecified atom stereocenters. The Labute approximate surface area is 318 Å². The van der Waals surface area contributed by atoms with E-state index in [1.807, 2.05) is 0 Å². The number of fused-ring (bicyclic) bond motifs is 4. The average Bonchev–Trinajstić information content (AvgIpc) is 3.21. The topological polar surface area (TPSA) is 123 Å². The van der Waals surface area contributed by atoms with Gasteiger partial charge in [0.05, 0.1) is 35.0 Å². The number of carbonyl (C=O) groups excluding carboxylic acids is 5. The summed E-state index contributed by atoms with van der Waals surface area (Å²) in [5, 5.41) is 0. The summed E-state index contributed by atoms with van der Waals surface area (Å²) in [6.07, 6.45) is -10.6. The summed E-state index contributed by atoms with van der Waals surface area (Å²) < 4.78 is 93.8. The van der Waals surface area contributed by atoms with E-state index in [-0.39, 0.29) is 36.2 Å². The normalized spacial score (nSPS) is 32.5. The molecule has 0 radical (unpaired) electrons. The maximum atomic E-state index is 13.0. The second kappa shape index (κ2) is 14.6. The van der Waals surface area contributed by atoms with Crippen LogP contribution in [0.15, 0.2) is 0 Å². The lowest BCUT2D eigenvalue weighted by molar-refractivity contribution is -0.173. The molecule has 0 aromatic rings. The molecule has 10 atom stereocenters. The minimum atomic E-state index is -4.64. The summed E-state index contributed by atoms with van der Waals surface area (Å²) in [4.78, 5) is 66.7. The number of halogens is 6. The van der Waals surface area contributed by atoms with E-state index < -0.39 is 102 Å². The highest BCUT2D eigenvalue weighted by Crippen LogP contribution is 2.53. The fourth-order valence-electron chi connectivity index (χ4n) is 9.42. The van der Waals surface area contributed by atoms with Gasteiger partial charge < -0.3 is 24.0 Å². The molecule has 2 aliphatic carbocycles. The van der Waals surface area contributed by atoms with Gasteiger partial charge in [0.2, 0.25) is 11.8 Å². The monoisotopic (exact) mass is 795 g/mol. The van der Waals surface area contributed by atoms with Crippen molar-refractivity contribution >= 4 is 29.8 Å². The molecule has 11 nitrogen and oxygen atoms in total. The van der Waals surface area contributed by atoms with Gasteiger partial charge in [0.1, 0.15) is 30.7 Å². The van der Waals surface area contributed by atoms with Crippen LogP contribution in [0.2, 0.25) is 0 Å². The molecule has 4 saturated heterocycles. The van der Waals surface area contributed by atoms with Gasteiger partial charge in [-0.2, -0.15) is 26.3 Å². The van der Waals surface area contributed by atoms with Crippen LogP contribution in [0.4, 0.5) is 31.1 Å². The second-order valence-electron chi connectivity index (χ2n) is 19.4. The quantitative estimate of drug-likeness (QED) is 0.176. The Balaban J connectivity index is 0.000000218. The molecule has 0 N–H and O–H groups in total. The van der Waals surface area contributed by atoms with Crippen LogP contribution >= 0.6 is 0 Å². The smallest absolute Gasteiger partial charge is 0.410 e. The highest BCUT2D eigenvalue weighted by atomic mass is 19.4. The molecule has 0 aromatic heterocycles. The summed E-state index contributed by atoms with van der Waals surface area (Å²) in [6, 6.07) is -2.31. The van der Waals surface area contributed by atoms with E-state index in [2.05, 4.69) is 0 Å². The zero-order valence-corrected chi connectivity index (χ0v) is 33.0. The second-order valence-corrected chi connectivity index (χ2v) is 19.4. The first-order valence-electron chi connectivity index (χ1n) is 19.1. The van der Waals surface area contributed by atoms with Crippen LogP contribution in [0, 0.1) is 34.5 Å². The fraction of sp³-hybridized carbons (Fsp3) is 0.868. The molecular formula is C38H55F6N3O8. The van der Waals surface area contributed by atoms with Crippen molar-refractivity contribution in [3.05, 3.63) is 0 Å². The SMILES string of the molecule is CC(C)(C)C(=O)O[C@@H]1C2[C@H]3CC(C[C@@H]1C3)CN2C(=O)CC(F)(F)F.CC(C)(C)OC(=O)N1[C@@H]2CC3C[C@H]1[C@H](OC(=O)C(C)(C)C)C2N(C(=O)CC(F)(F)F)C3. The number of amides is 3.